The largest absolute Gasteiger partial charge is 0.130 e. The van der Waals surface area contributed by atoms with Gasteiger partial charge in [-0.3, -0.25) is 0 Å². The molecule has 0 aromatic rings. The molecule has 0 aromatic carbocycles. The molecule has 0 aliphatic rings. The predicted molar refractivity (Wildman–Crippen MR) is 33.1 cm³/mol. The zero-order chi connectivity index (χ0) is 4.99. The van der Waals surface area contributed by atoms with Gasteiger partial charge in [0.05, 0.1) is 0 Å². The van der Waals surface area contributed by atoms with Crippen molar-refractivity contribution in [1.82, 2.24) is 0 Å². The van der Waals surface area contributed by atoms with Crippen molar-refractivity contribution in [1.29, 1.82) is 0 Å². The lowest BCUT2D eigenvalue weighted by Crippen LogP contribution is -1.65. The summed E-state index contributed by atoms with van der Waals surface area (Å²) in [5.41, 5.74) is 4.11. The van der Waals surface area contributed by atoms with Crippen LogP contribution in [0.3, 0.4) is 0 Å². The van der Waals surface area contributed by atoms with Crippen LogP contribution in [0, 0.1) is 0 Å². The SMILES string of the molecule is C=C=C(C)C[SiH3]. The van der Waals surface area contributed by atoms with Gasteiger partial charge in [0.15, 0.2) is 0 Å². The van der Waals surface area contributed by atoms with Crippen molar-refractivity contribution < 1.29 is 0 Å². The Labute approximate surface area is 42.0 Å². The second-order valence-corrected chi connectivity index (χ2v) is 2.02. The van der Waals surface area contributed by atoms with E-state index in [1.165, 1.54) is 21.9 Å². The molecular formula is C5H10Si. The van der Waals surface area contributed by atoms with E-state index in [9.17, 15) is 0 Å². The van der Waals surface area contributed by atoms with E-state index in [1.807, 2.05) is 0 Å². The van der Waals surface area contributed by atoms with Gasteiger partial charge in [-0.05, 0) is 18.5 Å². The van der Waals surface area contributed by atoms with Crippen LogP contribution in [0.2, 0.25) is 6.04 Å². The average Bonchev–Trinajstić information content (AvgIpc) is 1.65. The molecule has 0 heterocycles. The van der Waals surface area contributed by atoms with E-state index in [0.717, 1.165) is 0 Å². The van der Waals surface area contributed by atoms with Gasteiger partial charge in [0.2, 0.25) is 0 Å². The second-order valence-electron chi connectivity index (χ2n) is 1.31. The summed E-state index contributed by atoms with van der Waals surface area (Å²) in [6.07, 6.45) is 0. The van der Waals surface area contributed by atoms with Gasteiger partial charge >= 0.3 is 0 Å². The van der Waals surface area contributed by atoms with Crippen molar-refractivity contribution in [2.45, 2.75) is 13.0 Å². The van der Waals surface area contributed by atoms with Gasteiger partial charge in [-0.25, -0.2) is 0 Å². The highest BCUT2D eigenvalue weighted by molar-refractivity contribution is 6.10. The van der Waals surface area contributed by atoms with Gasteiger partial charge in [-0.15, -0.1) is 5.73 Å². The van der Waals surface area contributed by atoms with Crippen LogP contribution in [-0.4, -0.2) is 10.2 Å². The Balaban J connectivity index is 3.52. The molecule has 0 saturated heterocycles. The molecule has 0 bridgehead atoms. The van der Waals surface area contributed by atoms with E-state index in [4.69, 9.17) is 0 Å². The Morgan fingerprint density at radius 3 is 2.50 bits per heavy atom. The van der Waals surface area contributed by atoms with Gasteiger partial charge < -0.3 is 0 Å². The lowest BCUT2D eigenvalue weighted by Gasteiger charge is -1.80. The van der Waals surface area contributed by atoms with E-state index >= 15 is 0 Å². The summed E-state index contributed by atoms with van der Waals surface area (Å²) in [5.74, 6) is 0. The maximum atomic E-state index is 3.49. The molecule has 0 radical (unpaired) electrons. The Kier molecular flexibility index (Phi) is 2.82. The number of hydrogen-bond donors (Lipinski definition) is 0. The quantitative estimate of drug-likeness (QED) is 0.331. The molecule has 0 unspecified atom stereocenters. The Bertz CT molecular complexity index is 77.9. The average molecular weight is 98.2 g/mol. The van der Waals surface area contributed by atoms with E-state index < -0.39 is 0 Å². The fraction of sp³-hybridized carbons (Fsp3) is 0.400. The van der Waals surface area contributed by atoms with Gasteiger partial charge in [-0.1, -0.05) is 6.58 Å². The molecule has 0 aliphatic carbocycles. The standard InChI is InChI=1S/C5H10Si/c1-3-5(2)4-6/h1,4H2,2,6H3. The smallest absolute Gasteiger partial charge is 0.00870 e. The van der Waals surface area contributed by atoms with E-state index in [-0.39, 0.29) is 0 Å². The maximum Gasteiger partial charge on any atom is 0.00870 e. The summed E-state index contributed by atoms with van der Waals surface area (Å²) in [6.45, 7) is 5.55. The number of hydrogen-bond acceptors (Lipinski definition) is 0. The summed E-state index contributed by atoms with van der Waals surface area (Å²) in [5, 5.41) is 0. The highest BCUT2D eigenvalue weighted by Gasteiger charge is 1.72. The molecule has 0 fully saturated rings. The van der Waals surface area contributed by atoms with E-state index in [2.05, 4.69) is 19.2 Å². The van der Waals surface area contributed by atoms with E-state index in [1.54, 1.807) is 0 Å². The molecule has 0 amide bonds. The van der Waals surface area contributed by atoms with Gasteiger partial charge in [-0.2, -0.15) is 0 Å². The number of allylic oxidation sites excluding steroid dienone is 1. The van der Waals surface area contributed by atoms with Crippen LogP contribution in [0.1, 0.15) is 6.92 Å². The van der Waals surface area contributed by atoms with Crippen LogP contribution in [0.25, 0.3) is 0 Å². The predicted octanol–water partition coefficient (Wildman–Crippen LogP) is 0.501. The molecule has 0 saturated carbocycles. The van der Waals surface area contributed by atoms with Crippen LogP contribution >= 0.6 is 0 Å². The minimum absolute atomic E-state index is 1.21. The summed E-state index contributed by atoms with van der Waals surface area (Å²) >= 11 is 0. The first-order valence-corrected chi connectivity index (χ1v) is 3.58. The second kappa shape index (κ2) is 2.95. The highest BCUT2D eigenvalue weighted by atomic mass is 28.1. The topological polar surface area (TPSA) is 0 Å². The summed E-state index contributed by atoms with van der Waals surface area (Å²) in [4.78, 5) is 0. The molecule has 0 atom stereocenters. The molecule has 1 heteroatoms. The zero-order valence-electron chi connectivity index (χ0n) is 4.41. The lowest BCUT2D eigenvalue weighted by molar-refractivity contribution is 1.40. The van der Waals surface area contributed by atoms with Gasteiger partial charge in [0, 0.05) is 10.2 Å². The third-order valence-electron chi connectivity index (χ3n) is 0.832. The van der Waals surface area contributed by atoms with Crippen LogP contribution in [0.5, 0.6) is 0 Å². The number of rotatable bonds is 1. The third-order valence-corrected chi connectivity index (χ3v) is 1.89. The van der Waals surface area contributed by atoms with Crippen molar-refractivity contribution in [3.8, 4) is 0 Å². The van der Waals surface area contributed by atoms with Crippen LogP contribution in [0.4, 0.5) is 0 Å². The van der Waals surface area contributed by atoms with Crippen molar-refractivity contribution in [3.05, 3.63) is 17.9 Å². The van der Waals surface area contributed by atoms with Crippen molar-refractivity contribution in [3.63, 3.8) is 0 Å². The monoisotopic (exact) mass is 98.1 g/mol. The molecule has 0 spiro atoms. The minimum atomic E-state index is 1.21. The molecule has 0 nitrogen and oxygen atoms in total. The minimum Gasteiger partial charge on any atom is -0.130 e. The van der Waals surface area contributed by atoms with Crippen LogP contribution < -0.4 is 0 Å². The van der Waals surface area contributed by atoms with Gasteiger partial charge in [0.25, 0.3) is 0 Å². The highest BCUT2D eigenvalue weighted by Crippen LogP contribution is 1.89. The van der Waals surface area contributed by atoms with E-state index in [0.29, 0.717) is 0 Å². The van der Waals surface area contributed by atoms with Crippen molar-refractivity contribution in [2.75, 3.05) is 0 Å². The third kappa shape index (κ3) is 2.00. The summed E-state index contributed by atoms with van der Waals surface area (Å²) < 4.78 is 0. The molecule has 0 aliphatic heterocycles. The lowest BCUT2D eigenvalue weighted by atomic mass is 10.4. The Morgan fingerprint density at radius 2 is 2.50 bits per heavy atom. The van der Waals surface area contributed by atoms with Gasteiger partial charge in [0.1, 0.15) is 0 Å². The van der Waals surface area contributed by atoms with Crippen LogP contribution in [0.15, 0.2) is 17.9 Å². The summed E-state index contributed by atoms with van der Waals surface area (Å²) in [6, 6.07) is 1.21. The zero-order valence-corrected chi connectivity index (χ0v) is 6.41. The fourth-order valence-electron chi connectivity index (χ4n) is 0.125. The van der Waals surface area contributed by atoms with Crippen LogP contribution in [-0.2, 0) is 0 Å². The molecule has 0 aromatic heterocycles. The van der Waals surface area contributed by atoms with Crippen molar-refractivity contribution in [2.24, 2.45) is 0 Å². The fourth-order valence-corrected chi connectivity index (χ4v) is 0.375. The molecule has 0 rings (SSSR count). The first-order valence-electron chi connectivity index (χ1n) is 2.16. The molecular weight excluding hydrogens is 88.1 g/mol. The first kappa shape index (κ1) is 5.74. The van der Waals surface area contributed by atoms with Crippen molar-refractivity contribution >= 4 is 10.2 Å². The summed E-state index contributed by atoms with van der Waals surface area (Å²) in [7, 11) is 1.24. The normalized spacial score (nSPS) is 7.50. The molecule has 6 heavy (non-hydrogen) atoms. The maximum absolute atomic E-state index is 3.49. The molecule has 0 N–H and O–H groups in total. The Morgan fingerprint density at radius 1 is 2.00 bits per heavy atom. The molecule has 34 valence electrons. The Hall–Kier alpha value is -0.263. The first-order chi connectivity index (χ1) is 2.81.